The van der Waals surface area contributed by atoms with Crippen molar-refractivity contribution in [2.45, 2.75) is 6.92 Å². The largest absolute Gasteiger partial charge is 0.298 e. The van der Waals surface area contributed by atoms with Gasteiger partial charge in [0.15, 0.2) is 5.13 Å². The highest BCUT2D eigenvalue weighted by Gasteiger charge is 2.16. The minimum Gasteiger partial charge on any atom is -0.298 e. The number of hydrogen-bond acceptors (Lipinski definition) is 7. The van der Waals surface area contributed by atoms with E-state index in [1.807, 2.05) is 0 Å². The van der Waals surface area contributed by atoms with Crippen molar-refractivity contribution >= 4 is 33.8 Å². The molecule has 0 aliphatic rings. The summed E-state index contributed by atoms with van der Waals surface area (Å²) < 4.78 is 0. The molecular weight excluding hydrogens is 372 g/mol. The van der Waals surface area contributed by atoms with Crippen LogP contribution in [-0.4, -0.2) is 20.7 Å². The first kappa shape index (κ1) is 18.1. The molecule has 1 amide bonds. The van der Waals surface area contributed by atoms with E-state index >= 15 is 0 Å². The Labute approximate surface area is 156 Å². The third kappa shape index (κ3) is 3.96. The van der Waals surface area contributed by atoms with Crippen LogP contribution in [-0.2, 0) is 0 Å². The lowest BCUT2D eigenvalue weighted by atomic mass is 10.1. The first-order valence-electron chi connectivity index (χ1n) is 7.62. The van der Waals surface area contributed by atoms with Gasteiger partial charge in [-0.3, -0.25) is 30.3 Å². The molecule has 3 aromatic rings. The molecule has 0 saturated carbocycles. The van der Waals surface area contributed by atoms with E-state index in [0.717, 1.165) is 0 Å². The minimum atomic E-state index is -0.527. The molecular formula is C17H12N4O5S. The lowest BCUT2D eigenvalue weighted by Crippen LogP contribution is -2.13. The Morgan fingerprint density at radius 3 is 2.44 bits per heavy atom. The monoisotopic (exact) mass is 384 g/mol. The van der Waals surface area contributed by atoms with E-state index in [9.17, 15) is 25.0 Å². The summed E-state index contributed by atoms with van der Waals surface area (Å²) in [6.07, 6.45) is 0. The van der Waals surface area contributed by atoms with E-state index < -0.39 is 15.8 Å². The van der Waals surface area contributed by atoms with Gasteiger partial charge in [0.2, 0.25) is 0 Å². The molecule has 9 nitrogen and oxygen atoms in total. The van der Waals surface area contributed by atoms with Gasteiger partial charge in [-0.05, 0) is 18.6 Å². The van der Waals surface area contributed by atoms with Gasteiger partial charge in [0, 0.05) is 40.8 Å². The summed E-state index contributed by atoms with van der Waals surface area (Å²) in [7, 11) is 0. The van der Waals surface area contributed by atoms with Crippen molar-refractivity contribution in [2.75, 3.05) is 5.32 Å². The molecule has 0 fully saturated rings. The standard InChI is InChI=1S/C17H12N4O5S/c1-10-7-13(21(25)26)5-6-14(10)16(22)19-17-18-15(9-27-17)11-3-2-4-12(8-11)20(23)24/h2-9H,1H3,(H,18,19,22). The van der Waals surface area contributed by atoms with Crippen LogP contribution in [0.4, 0.5) is 16.5 Å². The smallest absolute Gasteiger partial charge is 0.270 e. The number of aryl methyl sites for hydroxylation is 1. The molecule has 0 atom stereocenters. The predicted molar refractivity (Wildman–Crippen MR) is 100.0 cm³/mol. The zero-order valence-corrected chi connectivity index (χ0v) is 14.7. The van der Waals surface area contributed by atoms with Crippen molar-refractivity contribution < 1.29 is 14.6 Å². The number of anilines is 1. The van der Waals surface area contributed by atoms with Crippen molar-refractivity contribution in [2.24, 2.45) is 0 Å². The number of amides is 1. The second kappa shape index (κ2) is 7.30. The summed E-state index contributed by atoms with van der Waals surface area (Å²) in [6.45, 7) is 1.61. The highest BCUT2D eigenvalue weighted by molar-refractivity contribution is 7.14. The van der Waals surface area contributed by atoms with Crippen LogP contribution >= 0.6 is 11.3 Å². The van der Waals surface area contributed by atoms with Crippen LogP contribution in [0, 0.1) is 27.2 Å². The number of nitrogens with one attached hydrogen (secondary N) is 1. The number of carbonyl (C=O) groups is 1. The van der Waals surface area contributed by atoms with Crippen LogP contribution in [0.5, 0.6) is 0 Å². The molecule has 0 aliphatic heterocycles. The van der Waals surface area contributed by atoms with Crippen molar-refractivity contribution in [3.63, 3.8) is 0 Å². The highest BCUT2D eigenvalue weighted by Crippen LogP contribution is 2.28. The SMILES string of the molecule is Cc1cc([N+](=O)[O-])ccc1C(=O)Nc1nc(-c2cccc([N+](=O)[O-])c2)cs1. The lowest BCUT2D eigenvalue weighted by Gasteiger charge is -2.05. The number of rotatable bonds is 5. The molecule has 1 heterocycles. The summed E-state index contributed by atoms with van der Waals surface area (Å²) in [5.41, 5.74) is 1.69. The van der Waals surface area contributed by atoms with Crippen LogP contribution < -0.4 is 5.32 Å². The summed E-state index contributed by atoms with van der Waals surface area (Å²) in [6, 6.07) is 10.0. The Kier molecular flexibility index (Phi) is 4.90. The average Bonchev–Trinajstić information content (AvgIpc) is 3.10. The summed E-state index contributed by atoms with van der Waals surface area (Å²) in [5.74, 6) is -0.442. The van der Waals surface area contributed by atoms with Gasteiger partial charge in [0.25, 0.3) is 17.3 Å². The van der Waals surface area contributed by atoms with Crippen LogP contribution in [0.2, 0.25) is 0 Å². The maximum Gasteiger partial charge on any atom is 0.270 e. The first-order chi connectivity index (χ1) is 12.8. The molecule has 27 heavy (non-hydrogen) atoms. The Morgan fingerprint density at radius 2 is 1.78 bits per heavy atom. The minimum absolute atomic E-state index is 0.0485. The van der Waals surface area contributed by atoms with Gasteiger partial charge in [0.05, 0.1) is 15.5 Å². The number of carbonyl (C=O) groups excluding carboxylic acids is 1. The van der Waals surface area contributed by atoms with Gasteiger partial charge in [-0.25, -0.2) is 4.98 Å². The number of nitro benzene ring substituents is 2. The first-order valence-corrected chi connectivity index (χ1v) is 8.50. The maximum atomic E-state index is 12.4. The Morgan fingerprint density at radius 1 is 1.07 bits per heavy atom. The molecule has 1 aromatic heterocycles. The third-order valence-corrected chi connectivity index (χ3v) is 4.50. The maximum absolute atomic E-state index is 12.4. The van der Waals surface area contributed by atoms with E-state index in [1.165, 1.54) is 41.7 Å². The molecule has 10 heteroatoms. The van der Waals surface area contributed by atoms with Crippen molar-refractivity contribution in [1.29, 1.82) is 0 Å². The fourth-order valence-corrected chi connectivity index (χ4v) is 3.14. The Hall–Kier alpha value is -3.66. The number of nitro groups is 2. The molecule has 136 valence electrons. The summed E-state index contributed by atoms with van der Waals surface area (Å²) in [4.78, 5) is 37.3. The molecule has 0 spiro atoms. The predicted octanol–water partition coefficient (Wildman–Crippen LogP) is 4.19. The molecule has 0 bridgehead atoms. The lowest BCUT2D eigenvalue weighted by molar-refractivity contribution is -0.385. The van der Waals surface area contributed by atoms with Crippen LogP contribution in [0.1, 0.15) is 15.9 Å². The van der Waals surface area contributed by atoms with Gasteiger partial charge in [-0.1, -0.05) is 12.1 Å². The van der Waals surface area contributed by atoms with E-state index in [1.54, 1.807) is 24.4 Å². The van der Waals surface area contributed by atoms with Crippen LogP contribution in [0.3, 0.4) is 0 Å². The topological polar surface area (TPSA) is 128 Å². The number of nitrogens with zero attached hydrogens (tertiary/aromatic N) is 3. The average molecular weight is 384 g/mol. The van der Waals surface area contributed by atoms with Crippen LogP contribution in [0.25, 0.3) is 11.3 Å². The quantitative estimate of drug-likeness (QED) is 0.519. The number of thiazole rings is 1. The number of hydrogen-bond donors (Lipinski definition) is 1. The van der Waals surface area contributed by atoms with Crippen molar-refractivity contribution in [3.8, 4) is 11.3 Å². The number of non-ortho nitro benzene ring substituents is 2. The van der Waals surface area contributed by atoms with E-state index in [4.69, 9.17) is 0 Å². The van der Waals surface area contributed by atoms with Crippen molar-refractivity contribution in [3.05, 3.63) is 79.2 Å². The number of aromatic nitrogens is 1. The molecule has 0 radical (unpaired) electrons. The van der Waals surface area contributed by atoms with E-state index in [2.05, 4.69) is 10.3 Å². The van der Waals surface area contributed by atoms with Crippen molar-refractivity contribution in [1.82, 2.24) is 4.98 Å². The molecule has 3 rings (SSSR count). The fraction of sp³-hybridized carbons (Fsp3) is 0.0588. The molecule has 0 aliphatic carbocycles. The van der Waals surface area contributed by atoms with E-state index in [0.29, 0.717) is 27.5 Å². The second-order valence-corrected chi connectivity index (χ2v) is 6.41. The second-order valence-electron chi connectivity index (χ2n) is 5.56. The van der Waals surface area contributed by atoms with Gasteiger partial charge in [-0.2, -0.15) is 0 Å². The summed E-state index contributed by atoms with van der Waals surface area (Å²) >= 11 is 1.17. The molecule has 1 N–H and O–H groups in total. The normalized spacial score (nSPS) is 10.4. The number of benzene rings is 2. The highest BCUT2D eigenvalue weighted by atomic mass is 32.1. The zero-order chi connectivity index (χ0) is 19.6. The zero-order valence-electron chi connectivity index (χ0n) is 13.9. The van der Waals surface area contributed by atoms with Crippen LogP contribution in [0.15, 0.2) is 47.8 Å². The van der Waals surface area contributed by atoms with Gasteiger partial charge in [0.1, 0.15) is 0 Å². The molecule has 0 unspecified atom stereocenters. The Bertz CT molecular complexity index is 1060. The van der Waals surface area contributed by atoms with E-state index in [-0.39, 0.29) is 11.4 Å². The third-order valence-electron chi connectivity index (χ3n) is 3.74. The van der Waals surface area contributed by atoms with Gasteiger partial charge in [-0.15, -0.1) is 11.3 Å². The fourth-order valence-electron chi connectivity index (χ4n) is 2.42. The van der Waals surface area contributed by atoms with Gasteiger partial charge >= 0.3 is 0 Å². The Balaban J connectivity index is 1.80. The summed E-state index contributed by atoms with van der Waals surface area (Å²) in [5, 5.41) is 26.3. The molecule has 0 saturated heterocycles. The molecule has 2 aromatic carbocycles. The van der Waals surface area contributed by atoms with Gasteiger partial charge < -0.3 is 0 Å².